The molecule has 0 bridgehead atoms. The predicted octanol–water partition coefficient (Wildman–Crippen LogP) is 3.97. The van der Waals surface area contributed by atoms with Gasteiger partial charge in [0.1, 0.15) is 6.54 Å². The van der Waals surface area contributed by atoms with E-state index in [1.54, 1.807) is 23.1 Å². The average Bonchev–Trinajstić information content (AvgIpc) is 3.46. The van der Waals surface area contributed by atoms with Crippen LogP contribution >= 0.6 is 0 Å². The molecule has 0 atom stereocenters. The molecule has 4 heterocycles. The van der Waals surface area contributed by atoms with Crippen molar-refractivity contribution in [3.8, 4) is 11.3 Å². The van der Waals surface area contributed by atoms with Crippen molar-refractivity contribution in [3.05, 3.63) is 59.8 Å². The van der Waals surface area contributed by atoms with Gasteiger partial charge >= 0.3 is 6.18 Å². The number of hydrogen-bond acceptors (Lipinski definition) is 6. The third-order valence-corrected chi connectivity index (χ3v) is 6.24. The minimum absolute atomic E-state index is 0.0122. The molecule has 3 aromatic heterocycles. The third kappa shape index (κ3) is 4.78. The van der Waals surface area contributed by atoms with Gasteiger partial charge in [0.2, 0.25) is 0 Å². The van der Waals surface area contributed by atoms with Crippen molar-refractivity contribution < 1.29 is 26.7 Å². The molecule has 0 radical (unpaired) electrons. The number of amides is 1. The van der Waals surface area contributed by atoms with Gasteiger partial charge in [-0.1, -0.05) is 6.92 Å². The smallest absolute Gasteiger partial charge is 0.337 e. The Labute approximate surface area is 213 Å². The van der Waals surface area contributed by atoms with Gasteiger partial charge in [-0.3, -0.25) is 13.9 Å². The van der Waals surface area contributed by atoms with E-state index < -0.39 is 24.8 Å². The van der Waals surface area contributed by atoms with Gasteiger partial charge in [-0.25, -0.2) is 18.7 Å². The summed E-state index contributed by atoms with van der Waals surface area (Å²) in [5, 5.41) is 6.46. The Morgan fingerprint density at radius 2 is 2.00 bits per heavy atom. The van der Waals surface area contributed by atoms with Crippen LogP contribution in [0.5, 0.6) is 0 Å². The fourth-order valence-electron chi connectivity index (χ4n) is 4.42. The Morgan fingerprint density at radius 1 is 1.24 bits per heavy atom. The molecule has 1 saturated heterocycles. The zero-order valence-electron chi connectivity index (χ0n) is 20.1. The second-order valence-corrected chi connectivity index (χ2v) is 8.94. The van der Waals surface area contributed by atoms with Gasteiger partial charge in [0, 0.05) is 49.0 Å². The fourth-order valence-corrected chi connectivity index (χ4v) is 4.42. The molecule has 9 nitrogen and oxygen atoms in total. The van der Waals surface area contributed by atoms with Crippen LogP contribution in [0.3, 0.4) is 0 Å². The summed E-state index contributed by atoms with van der Waals surface area (Å²) >= 11 is 0. The van der Waals surface area contributed by atoms with Gasteiger partial charge < -0.3 is 16.0 Å². The number of nitrogens with zero attached hydrogens (tertiary/aromatic N) is 6. The monoisotopic (exact) mass is 534 g/mol. The average molecular weight is 534 g/mol. The van der Waals surface area contributed by atoms with Gasteiger partial charge in [0.25, 0.3) is 12.3 Å². The van der Waals surface area contributed by atoms with Crippen molar-refractivity contribution in [2.75, 3.05) is 18.4 Å². The molecule has 1 aliphatic rings. The molecule has 1 aliphatic heterocycles. The number of rotatable bonds is 7. The molecule has 0 aliphatic carbocycles. The maximum atomic E-state index is 13.7. The molecule has 3 N–H and O–H groups in total. The number of fused-ring (bicyclic) bond motifs is 1. The lowest BCUT2D eigenvalue weighted by Gasteiger charge is -2.37. The minimum atomic E-state index is -4.86. The summed E-state index contributed by atoms with van der Waals surface area (Å²) in [6.45, 7) is 1.96. The molecular formula is C24H23F5N8O. The molecule has 1 aromatic carbocycles. The summed E-state index contributed by atoms with van der Waals surface area (Å²) in [6.07, 6.45) is -2.21. The third-order valence-electron chi connectivity index (χ3n) is 6.24. The molecule has 200 valence electrons. The summed E-state index contributed by atoms with van der Waals surface area (Å²) in [5.41, 5.74) is 6.32. The number of hydrogen-bond donors (Lipinski definition) is 2. The van der Waals surface area contributed by atoms with E-state index in [0.717, 1.165) is 11.8 Å². The van der Waals surface area contributed by atoms with Crippen molar-refractivity contribution >= 4 is 23.1 Å². The second-order valence-electron chi connectivity index (χ2n) is 8.94. The first kappa shape index (κ1) is 25.6. The molecule has 4 aromatic rings. The molecule has 0 spiro atoms. The highest BCUT2D eigenvalue weighted by molar-refractivity contribution is 5.97. The van der Waals surface area contributed by atoms with Crippen LogP contribution in [0.15, 0.2) is 43.0 Å². The van der Waals surface area contributed by atoms with E-state index in [1.807, 2.05) is 6.92 Å². The molecule has 0 unspecified atom stereocenters. The summed E-state index contributed by atoms with van der Waals surface area (Å²) in [7, 11) is 0. The maximum absolute atomic E-state index is 13.7. The number of nitrogens with one attached hydrogen (secondary N) is 1. The van der Waals surface area contributed by atoms with E-state index >= 15 is 0 Å². The topological polar surface area (TPSA) is 106 Å². The molecular weight excluding hydrogens is 511 g/mol. The number of aromatic nitrogens is 5. The number of alkyl halides is 5. The Morgan fingerprint density at radius 3 is 2.66 bits per heavy atom. The van der Waals surface area contributed by atoms with Gasteiger partial charge in [-0.15, -0.1) is 0 Å². The van der Waals surface area contributed by atoms with Gasteiger partial charge in [-0.2, -0.15) is 18.3 Å². The second kappa shape index (κ2) is 9.67. The van der Waals surface area contributed by atoms with Crippen LogP contribution < -0.4 is 11.1 Å². The SMILES string of the molecule is CCc1cc(Nc2nccn3c(-c4cn(CC(F)F)nc4C(F)(F)F)cnc23)ccc1C(=O)N1CC(N)C1. The van der Waals surface area contributed by atoms with E-state index in [9.17, 15) is 26.7 Å². The normalized spacial score (nSPS) is 14.4. The first-order valence-electron chi connectivity index (χ1n) is 11.7. The van der Waals surface area contributed by atoms with Gasteiger partial charge in [0.15, 0.2) is 17.2 Å². The van der Waals surface area contributed by atoms with Crippen LogP contribution in [0, 0.1) is 0 Å². The van der Waals surface area contributed by atoms with Crippen molar-refractivity contribution in [2.24, 2.45) is 5.73 Å². The van der Waals surface area contributed by atoms with Crippen LogP contribution in [-0.2, 0) is 19.1 Å². The van der Waals surface area contributed by atoms with Crippen molar-refractivity contribution in [3.63, 3.8) is 0 Å². The zero-order chi connectivity index (χ0) is 27.2. The number of likely N-dealkylation sites (tertiary alicyclic amines) is 1. The quantitative estimate of drug-likeness (QED) is 0.348. The largest absolute Gasteiger partial charge is 0.435 e. The summed E-state index contributed by atoms with van der Waals surface area (Å²) in [5.74, 6) is 0.156. The number of imidazole rings is 1. The van der Waals surface area contributed by atoms with Crippen LogP contribution in [0.2, 0.25) is 0 Å². The van der Waals surface area contributed by atoms with Crippen LogP contribution in [0.25, 0.3) is 16.9 Å². The van der Waals surface area contributed by atoms with Gasteiger partial charge in [-0.05, 0) is 30.2 Å². The molecule has 5 rings (SSSR count). The summed E-state index contributed by atoms with van der Waals surface area (Å²) in [6, 6.07) is 5.20. The standard InChI is InChI=1S/C24H23F5N8O/c1-2-13-7-15(3-4-16(13)23(38)35-9-14(30)10-35)33-21-22-32-8-18(37(22)6-5-31-21)17-11-36(12-19(25)26)34-20(17)24(27,28)29/h3-8,11,14,19H,2,9-10,12,30H2,1H3,(H,31,33). The predicted molar refractivity (Wildman–Crippen MR) is 128 cm³/mol. The Bertz CT molecular complexity index is 1490. The summed E-state index contributed by atoms with van der Waals surface area (Å²) < 4.78 is 68.6. The molecule has 1 amide bonds. The first-order chi connectivity index (χ1) is 18.0. The maximum Gasteiger partial charge on any atom is 0.435 e. The fraction of sp³-hybridized carbons (Fsp3) is 0.333. The molecule has 14 heteroatoms. The Kier molecular flexibility index (Phi) is 6.51. The Balaban J connectivity index is 1.48. The van der Waals surface area contributed by atoms with Crippen LogP contribution in [0.4, 0.5) is 33.5 Å². The zero-order valence-corrected chi connectivity index (χ0v) is 20.1. The van der Waals surface area contributed by atoms with E-state index in [-0.39, 0.29) is 34.7 Å². The lowest BCUT2D eigenvalue weighted by atomic mass is 10.0. The minimum Gasteiger partial charge on any atom is -0.337 e. The number of carbonyl (C=O) groups is 1. The first-order valence-corrected chi connectivity index (χ1v) is 11.7. The summed E-state index contributed by atoms with van der Waals surface area (Å²) in [4.78, 5) is 23.0. The number of halogens is 5. The highest BCUT2D eigenvalue weighted by atomic mass is 19.4. The molecule has 38 heavy (non-hydrogen) atoms. The lowest BCUT2D eigenvalue weighted by Crippen LogP contribution is -2.57. The lowest BCUT2D eigenvalue weighted by molar-refractivity contribution is -0.141. The highest BCUT2D eigenvalue weighted by Gasteiger charge is 2.38. The number of nitrogens with two attached hydrogens (primary N) is 1. The van der Waals surface area contributed by atoms with E-state index in [2.05, 4.69) is 20.4 Å². The van der Waals surface area contributed by atoms with Crippen molar-refractivity contribution in [1.82, 2.24) is 29.0 Å². The van der Waals surface area contributed by atoms with Gasteiger partial charge in [0.05, 0.1) is 17.5 Å². The van der Waals surface area contributed by atoms with Crippen LogP contribution in [0.1, 0.15) is 28.5 Å². The number of carbonyl (C=O) groups excluding carboxylic acids is 1. The Hall–Kier alpha value is -4.07. The highest BCUT2D eigenvalue weighted by Crippen LogP contribution is 2.37. The van der Waals surface area contributed by atoms with E-state index in [1.165, 1.54) is 23.0 Å². The van der Waals surface area contributed by atoms with E-state index in [4.69, 9.17) is 5.73 Å². The van der Waals surface area contributed by atoms with Crippen LogP contribution in [-0.4, -0.2) is 60.5 Å². The number of benzene rings is 1. The van der Waals surface area contributed by atoms with E-state index in [0.29, 0.717) is 35.4 Å². The molecule has 0 saturated carbocycles. The number of anilines is 2. The van der Waals surface area contributed by atoms with Crippen molar-refractivity contribution in [1.29, 1.82) is 0 Å². The number of aryl methyl sites for hydroxylation is 1. The van der Waals surface area contributed by atoms with Crippen molar-refractivity contribution in [2.45, 2.75) is 38.5 Å². The molecule has 1 fully saturated rings.